The Morgan fingerprint density at radius 3 is 2.15 bits per heavy atom. The molecule has 0 aliphatic carbocycles. The number of Topliss-reactive ketones (excluding diaryl/α,β-unsaturated/α-hetero) is 1. The molecule has 3 aromatic rings. The van der Waals surface area contributed by atoms with Gasteiger partial charge in [-0.15, -0.1) is 0 Å². The van der Waals surface area contributed by atoms with E-state index in [-0.39, 0.29) is 29.5 Å². The average molecular weight is 460 g/mol. The summed E-state index contributed by atoms with van der Waals surface area (Å²) >= 11 is 0. The number of carbonyl (C=O) groups is 1. The van der Waals surface area contributed by atoms with Gasteiger partial charge in [0.1, 0.15) is 6.61 Å². The molecular weight excluding hydrogens is 426 g/mol. The summed E-state index contributed by atoms with van der Waals surface area (Å²) in [6.07, 6.45) is 4.89. The number of aromatic nitrogens is 1. The Morgan fingerprint density at radius 1 is 0.970 bits per heavy atom. The number of nitrogens with zero attached hydrogens (tertiary/aromatic N) is 1. The van der Waals surface area contributed by atoms with E-state index >= 15 is 0 Å². The minimum atomic E-state index is -2.55. The van der Waals surface area contributed by atoms with E-state index in [0.29, 0.717) is 6.61 Å². The Labute approximate surface area is 198 Å². The van der Waals surface area contributed by atoms with Crippen molar-refractivity contribution in [2.24, 2.45) is 5.92 Å². The molecule has 0 unspecified atom stereocenters. The number of ether oxygens (including phenoxy) is 1. The average Bonchev–Trinajstić information content (AvgIpc) is 3.20. The molecule has 1 aliphatic heterocycles. The highest BCUT2D eigenvalue weighted by Crippen LogP contribution is 2.38. The highest BCUT2D eigenvalue weighted by molar-refractivity contribution is 6.99. The van der Waals surface area contributed by atoms with Crippen LogP contribution in [0.5, 0.6) is 0 Å². The van der Waals surface area contributed by atoms with E-state index in [2.05, 4.69) is 86.4 Å². The third-order valence-corrected chi connectivity index (χ3v) is 11.6. The fourth-order valence-electron chi connectivity index (χ4n) is 5.04. The Bertz CT molecular complexity index is 996. The lowest BCUT2D eigenvalue weighted by molar-refractivity contribution is -0.120. The zero-order valence-electron chi connectivity index (χ0n) is 19.7. The molecular formula is C28H33NO3Si. The van der Waals surface area contributed by atoms with Crippen molar-refractivity contribution in [3.05, 3.63) is 90.8 Å². The lowest BCUT2D eigenvalue weighted by Gasteiger charge is -2.43. The molecule has 2 heterocycles. The predicted molar refractivity (Wildman–Crippen MR) is 134 cm³/mol. The number of carbonyl (C=O) groups excluding carboxylic acids is 1. The van der Waals surface area contributed by atoms with Crippen LogP contribution in [0, 0.1) is 5.92 Å². The summed E-state index contributed by atoms with van der Waals surface area (Å²) in [5.41, 5.74) is 0.973. The highest BCUT2D eigenvalue weighted by Gasteiger charge is 2.50. The first-order chi connectivity index (χ1) is 15.9. The zero-order valence-corrected chi connectivity index (χ0v) is 20.7. The highest BCUT2D eigenvalue weighted by atomic mass is 28.4. The molecule has 0 N–H and O–H groups in total. The minimum absolute atomic E-state index is 0.0553. The van der Waals surface area contributed by atoms with Crippen LogP contribution in [0.25, 0.3) is 0 Å². The number of pyridine rings is 1. The van der Waals surface area contributed by atoms with Crippen LogP contribution in [0.1, 0.15) is 45.3 Å². The van der Waals surface area contributed by atoms with Crippen LogP contribution in [-0.2, 0) is 14.0 Å². The van der Waals surface area contributed by atoms with E-state index in [9.17, 15) is 4.79 Å². The van der Waals surface area contributed by atoms with E-state index in [4.69, 9.17) is 9.16 Å². The van der Waals surface area contributed by atoms with E-state index in [1.54, 1.807) is 12.4 Å². The Morgan fingerprint density at radius 2 is 1.61 bits per heavy atom. The maximum Gasteiger partial charge on any atom is 0.261 e. The van der Waals surface area contributed by atoms with Gasteiger partial charge in [-0.1, -0.05) is 87.5 Å². The maximum atomic E-state index is 12.6. The van der Waals surface area contributed by atoms with Gasteiger partial charge in [-0.25, -0.2) is 0 Å². The van der Waals surface area contributed by atoms with Crippen LogP contribution in [0.15, 0.2) is 85.2 Å². The molecule has 4 rings (SSSR count). The summed E-state index contributed by atoms with van der Waals surface area (Å²) in [7, 11) is -2.55. The van der Waals surface area contributed by atoms with Gasteiger partial charge in [0.25, 0.3) is 8.32 Å². The molecule has 1 aliphatic rings. The molecule has 5 heteroatoms. The van der Waals surface area contributed by atoms with E-state index in [0.717, 1.165) is 18.4 Å². The first kappa shape index (κ1) is 23.6. The summed E-state index contributed by atoms with van der Waals surface area (Å²) in [4.78, 5) is 16.8. The molecule has 0 radical (unpaired) electrons. The molecule has 1 fully saturated rings. The zero-order chi connectivity index (χ0) is 23.3. The number of hydrogen-bond acceptors (Lipinski definition) is 4. The van der Waals surface area contributed by atoms with Crippen molar-refractivity contribution in [3.63, 3.8) is 0 Å². The Hall–Kier alpha value is -2.60. The monoisotopic (exact) mass is 459 g/mol. The van der Waals surface area contributed by atoms with E-state index in [1.807, 2.05) is 12.1 Å². The van der Waals surface area contributed by atoms with Crippen LogP contribution < -0.4 is 10.4 Å². The molecule has 1 saturated heterocycles. The molecule has 0 spiro atoms. The van der Waals surface area contributed by atoms with Crippen LogP contribution in [-0.4, -0.2) is 32.3 Å². The molecule has 1 aromatic heterocycles. The molecule has 33 heavy (non-hydrogen) atoms. The van der Waals surface area contributed by atoms with Crippen molar-refractivity contribution in [1.29, 1.82) is 0 Å². The van der Waals surface area contributed by atoms with Crippen molar-refractivity contribution in [2.75, 3.05) is 13.2 Å². The van der Waals surface area contributed by atoms with Crippen LogP contribution in [0.2, 0.25) is 5.04 Å². The SMILES string of the molecule is CC(C)(C)[Si](OCCC[C@@H]1C(=O)CO[C@H]1c1cccnc1)(c1ccccc1)c1ccccc1. The second kappa shape index (κ2) is 10.1. The van der Waals surface area contributed by atoms with Crippen molar-refractivity contribution >= 4 is 24.5 Å². The maximum absolute atomic E-state index is 12.6. The van der Waals surface area contributed by atoms with Gasteiger partial charge in [0.15, 0.2) is 5.78 Å². The number of ketones is 1. The van der Waals surface area contributed by atoms with Gasteiger partial charge in [0.05, 0.1) is 12.0 Å². The van der Waals surface area contributed by atoms with Crippen molar-refractivity contribution < 1.29 is 14.0 Å². The van der Waals surface area contributed by atoms with Gasteiger partial charge in [0, 0.05) is 19.0 Å². The molecule has 2 aromatic carbocycles. The predicted octanol–water partition coefficient (Wildman–Crippen LogP) is 4.70. The van der Waals surface area contributed by atoms with Crippen molar-refractivity contribution in [3.8, 4) is 0 Å². The Kier molecular flexibility index (Phi) is 7.22. The lowest BCUT2D eigenvalue weighted by atomic mass is 9.91. The molecule has 0 saturated carbocycles. The van der Waals surface area contributed by atoms with Gasteiger partial charge < -0.3 is 9.16 Å². The number of rotatable bonds is 8. The van der Waals surface area contributed by atoms with Gasteiger partial charge in [-0.2, -0.15) is 0 Å². The lowest BCUT2D eigenvalue weighted by Crippen LogP contribution is -2.66. The van der Waals surface area contributed by atoms with Gasteiger partial charge in [-0.3, -0.25) is 9.78 Å². The third kappa shape index (κ3) is 4.86. The van der Waals surface area contributed by atoms with Crippen molar-refractivity contribution in [1.82, 2.24) is 4.98 Å². The number of benzene rings is 2. The molecule has 4 nitrogen and oxygen atoms in total. The van der Waals surface area contributed by atoms with Crippen LogP contribution in [0.4, 0.5) is 0 Å². The first-order valence-corrected chi connectivity index (χ1v) is 13.6. The third-order valence-electron chi connectivity index (χ3n) is 6.59. The van der Waals surface area contributed by atoms with Gasteiger partial charge in [0.2, 0.25) is 0 Å². The first-order valence-electron chi connectivity index (χ1n) is 11.7. The van der Waals surface area contributed by atoms with Crippen LogP contribution in [0.3, 0.4) is 0 Å². The summed E-state index contributed by atoms with van der Waals surface area (Å²) in [6, 6.07) is 25.2. The smallest absolute Gasteiger partial charge is 0.261 e. The summed E-state index contributed by atoms with van der Waals surface area (Å²) in [5, 5.41) is 2.50. The second-order valence-corrected chi connectivity index (χ2v) is 14.1. The van der Waals surface area contributed by atoms with Crippen LogP contribution >= 0.6 is 0 Å². The molecule has 2 atom stereocenters. The minimum Gasteiger partial charge on any atom is -0.407 e. The summed E-state index contributed by atoms with van der Waals surface area (Å²) < 4.78 is 12.8. The normalized spacial score (nSPS) is 19.1. The number of hydrogen-bond donors (Lipinski definition) is 0. The molecule has 0 amide bonds. The quantitative estimate of drug-likeness (QED) is 0.362. The van der Waals surface area contributed by atoms with E-state index < -0.39 is 8.32 Å². The fourth-order valence-corrected chi connectivity index (χ4v) is 9.65. The van der Waals surface area contributed by atoms with Gasteiger partial charge >= 0.3 is 0 Å². The summed E-state index contributed by atoms with van der Waals surface area (Å²) in [6.45, 7) is 7.64. The molecule has 0 bridgehead atoms. The second-order valence-electron chi connectivity index (χ2n) is 9.74. The Balaban J connectivity index is 1.54. The van der Waals surface area contributed by atoms with Crippen molar-refractivity contribution in [2.45, 2.75) is 44.8 Å². The fraction of sp³-hybridized carbons (Fsp3) is 0.357. The standard InChI is InChI=1S/C28H33NO3Si/c1-28(2,3)33(23-13-6-4-7-14-23,24-15-8-5-9-16-24)32-19-11-17-25-26(30)21-31-27(25)22-12-10-18-29-20-22/h4-10,12-16,18,20,25,27H,11,17,19,21H2,1-3H3/t25-,27+/m1/s1. The molecule has 172 valence electrons. The van der Waals surface area contributed by atoms with Gasteiger partial charge in [-0.05, 0) is 39.9 Å². The summed E-state index contributed by atoms with van der Waals surface area (Å²) in [5.74, 6) is 0.0336. The van der Waals surface area contributed by atoms with E-state index in [1.165, 1.54) is 10.4 Å². The topological polar surface area (TPSA) is 48.4 Å². The largest absolute Gasteiger partial charge is 0.407 e.